The van der Waals surface area contributed by atoms with Crippen molar-refractivity contribution in [1.82, 2.24) is 0 Å². The first kappa shape index (κ1) is 15.4. The molecule has 1 aromatic carbocycles. The van der Waals surface area contributed by atoms with E-state index in [2.05, 4.69) is 6.58 Å². The Morgan fingerprint density at radius 2 is 1.80 bits per heavy atom. The third-order valence-electron chi connectivity index (χ3n) is 2.59. The molecule has 1 unspecified atom stereocenters. The van der Waals surface area contributed by atoms with Gasteiger partial charge in [-0.15, -0.1) is 0 Å². The van der Waals surface area contributed by atoms with Crippen LogP contribution in [0.2, 0.25) is 0 Å². The zero-order valence-corrected chi connectivity index (χ0v) is 11.0. The highest BCUT2D eigenvalue weighted by Crippen LogP contribution is 2.24. The van der Waals surface area contributed by atoms with Gasteiger partial charge in [0.2, 0.25) is 0 Å². The first-order valence-electron chi connectivity index (χ1n) is 5.67. The van der Waals surface area contributed by atoms with Gasteiger partial charge < -0.3 is 24.5 Å². The quantitative estimate of drug-likeness (QED) is 0.534. The fraction of sp³-hybridized carbons (Fsp3) is 0.214. The number of carbonyl (C=O) groups excluding carboxylic acids is 3. The number of esters is 1. The molecule has 0 aliphatic heterocycles. The highest BCUT2D eigenvalue weighted by atomic mass is 16.5. The lowest BCUT2D eigenvalue weighted by atomic mass is 9.97. The molecule has 20 heavy (non-hydrogen) atoms. The summed E-state index contributed by atoms with van der Waals surface area (Å²) in [5.41, 5.74) is -0.931. The molecule has 106 valence electrons. The van der Waals surface area contributed by atoms with Gasteiger partial charge >= 0.3 is 5.97 Å². The van der Waals surface area contributed by atoms with Crippen LogP contribution in [-0.2, 0) is 9.53 Å². The first-order chi connectivity index (χ1) is 9.25. The Kier molecular flexibility index (Phi) is 4.63. The Balaban J connectivity index is 3.27. The Hall–Kier alpha value is -2.63. The minimum atomic E-state index is -1.68. The molecule has 0 bridgehead atoms. The predicted molar refractivity (Wildman–Crippen MR) is 64.4 cm³/mol. The number of carboxylic acid groups (broad SMARTS) is 2. The summed E-state index contributed by atoms with van der Waals surface area (Å²) in [6.45, 7) is 6.25. The number of ether oxygens (including phenoxy) is 1. The summed E-state index contributed by atoms with van der Waals surface area (Å²) in [6, 6.07) is 3.75. The summed E-state index contributed by atoms with van der Waals surface area (Å²) < 4.78 is 4.98. The van der Waals surface area contributed by atoms with Crippen molar-refractivity contribution in [3.05, 3.63) is 47.0 Å². The van der Waals surface area contributed by atoms with Gasteiger partial charge in [-0.2, -0.15) is 0 Å². The minimum Gasteiger partial charge on any atom is -0.545 e. The fourth-order valence-corrected chi connectivity index (χ4v) is 1.63. The van der Waals surface area contributed by atoms with Crippen LogP contribution in [0, 0.1) is 0 Å². The average molecular weight is 276 g/mol. The standard InChI is InChI=1S/C14H14O6/c1-7(2)14(19)20-8(3)9-5-4-6-10(12(15)16)11(9)13(17)18/h4-6,8H,1H2,2-3H3,(H,15,16)(H,17,18)/p-2. The van der Waals surface area contributed by atoms with Crippen LogP contribution in [0.4, 0.5) is 0 Å². The predicted octanol–water partition coefficient (Wildman–Crippen LogP) is -0.406. The number of carbonyl (C=O) groups is 3. The fourth-order valence-electron chi connectivity index (χ4n) is 1.63. The molecule has 1 rings (SSSR count). The highest BCUT2D eigenvalue weighted by molar-refractivity contribution is 6.01. The van der Waals surface area contributed by atoms with E-state index in [0.717, 1.165) is 6.07 Å². The maximum absolute atomic E-state index is 11.4. The van der Waals surface area contributed by atoms with Crippen LogP contribution in [0.5, 0.6) is 0 Å². The van der Waals surface area contributed by atoms with E-state index >= 15 is 0 Å². The Morgan fingerprint density at radius 3 is 2.25 bits per heavy atom. The van der Waals surface area contributed by atoms with Crippen molar-refractivity contribution in [3.63, 3.8) is 0 Å². The van der Waals surface area contributed by atoms with Crippen molar-refractivity contribution >= 4 is 17.9 Å². The van der Waals surface area contributed by atoms with Gasteiger partial charge in [-0.05, 0) is 13.8 Å². The molecule has 0 heterocycles. The second-order valence-corrected chi connectivity index (χ2v) is 4.17. The molecule has 1 atom stereocenters. The lowest BCUT2D eigenvalue weighted by Crippen LogP contribution is -2.31. The van der Waals surface area contributed by atoms with Crippen LogP contribution in [0.1, 0.15) is 46.2 Å². The van der Waals surface area contributed by atoms with Crippen LogP contribution >= 0.6 is 0 Å². The summed E-state index contributed by atoms with van der Waals surface area (Å²) in [5, 5.41) is 22.0. The zero-order chi connectivity index (χ0) is 15.4. The normalized spacial score (nSPS) is 11.5. The summed E-state index contributed by atoms with van der Waals surface area (Å²) >= 11 is 0. The zero-order valence-electron chi connectivity index (χ0n) is 11.0. The van der Waals surface area contributed by atoms with E-state index in [9.17, 15) is 24.6 Å². The Labute approximate surface area is 115 Å². The van der Waals surface area contributed by atoms with E-state index in [4.69, 9.17) is 4.74 Å². The Bertz CT molecular complexity index is 587. The van der Waals surface area contributed by atoms with Gasteiger partial charge in [0.05, 0.1) is 11.9 Å². The van der Waals surface area contributed by atoms with E-state index in [-0.39, 0.29) is 11.1 Å². The number of hydrogen-bond donors (Lipinski definition) is 0. The molecule has 0 amide bonds. The molecule has 6 nitrogen and oxygen atoms in total. The first-order valence-corrected chi connectivity index (χ1v) is 5.67. The molecule has 0 saturated heterocycles. The maximum atomic E-state index is 11.4. The molecular formula is C14H12O6-2. The van der Waals surface area contributed by atoms with E-state index in [0.29, 0.717) is 0 Å². The minimum absolute atomic E-state index is 0.0151. The molecule has 0 radical (unpaired) electrons. The summed E-state index contributed by atoms with van der Waals surface area (Å²) in [4.78, 5) is 33.4. The van der Waals surface area contributed by atoms with Crippen molar-refractivity contribution in [2.24, 2.45) is 0 Å². The van der Waals surface area contributed by atoms with Crippen molar-refractivity contribution in [2.75, 3.05) is 0 Å². The number of rotatable bonds is 5. The van der Waals surface area contributed by atoms with Crippen LogP contribution < -0.4 is 10.2 Å². The largest absolute Gasteiger partial charge is 0.545 e. The van der Waals surface area contributed by atoms with Gasteiger partial charge in [0.1, 0.15) is 6.10 Å². The molecule has 0 spiro atoms. The maximum Gasteiger partial charge on any atom is 0.333 e. The van der Waals surface area contributed by atoms with Crippen LogP contribution in [-0.4, -0.2) is 17.9 Å². The molecule has 0 N–H and O–H groups in total. The highest BCUT2D eigenvalue weighted by Gasteiger charge is 2.18. The third kappa shape index (κ3) is 3.23. The smallest absolute Gasteiger partial charge is 0.333 e. The van der Waals surface area contributed by atoms with E-state index < -0.39 is 35.1 Å². The molecule has 0 saturated carbocycles. The lowest BCUT2D eigenvalue weighted by Gasteiger charge is -2.21. The molecule has 0 aromatic heterocycles. The number of benzene rings is 1. The lowest BCUT2D eigenvalue weighted by molar-refractivity contribution is -0.259. The third-order valence-corrected chi connectivity index (χ3v) is 2.59. The topological polar surface area (TPSA) is 107 Å². The van der Waals surface area contributed by atoms with Gasteiger partial charge in [0.25, 0.3) is 0 Å². The van der Waals surface area contributed by atoms with Gasteiger partial charge in [0.15, 0.2) is 0 Å². The van der Waals surface area contributed by atoms with Crippen molar-refractivity contribution < 1.29 is 29.3 Å². The number of hydrogen-bond acceptors (Lipinski definition) is 6. The van der Waals surface area contributed by atoms with Gasteiger partial charge in [-0.1, -0.05) is 24.8 Å². The summed E-state index contributed by atoms with van der Waals surface area (Å²) in [7, 11) is 0. The van der Waals surface area contributed by atoms with E-state index in [1.54, 1.807) is 0 Å². The SMILES string of the molecule is C=C(C)C(=O)OC(C)c1cccc(C(=O)[O-])c1C(=O)[O-]. The van der Waals surface area contributed by atoms with E-state index in [1.165, 1.54) is 26.0 Å². The molecule has 0 fully saturated rings. The second kappa shape index (κ2) is 6.01. The van der Waals surface area contributed by atoms with Gasteiger partial charge in [-0.3, -0.25) is 0 Å². The Morgan fingerprint density at radius 1 is 1.20 bits per heavy atom. The van der Waals surface area contributed by atoms with Gasteiger partial charge in [0, 0.05) is 22.3 Å². The van der Waals surface area contributed by atoms with Crippen LogP contribution in [0.15, 0.2) is 30.4 Å². The molecule has 0 aliphatic rings. The van der Waals surface area contributed by atoms with Crippen molar-refractivity contribution in [2.45, 2.75) is 20.0 Å². The average Bonchev–Trinajstić information content (AvgIpc) is 2.37. The van der Waals surface area contributed by atoms with Gasteiger partial charge in [-0.25, -0.2) is 4.79 Å². The molecule has 0 aliphatic carbocycles. The number of aromatic carboxylic acids is 2. The molecular weight excluding hydrogens is 264 g/mol. The number of carboxylic acids is 2. The van der Waals surface area contributed by atoms with Crippen molar-refractivity contribution in [1.29, 1.82) is 0 Å². The van der Waals surface area contributed by atoms with Crippen molar-refractivity contribution in [3.8, 4) is 0 Å². The van der Waals surface area contributed by atoms with Crippen LogP contribution in [0.3, 0.4) is 0 Å². The van der Waals surface area contributed by atoms with Crippen LogP contribution in [0.25, 0.3) is 0 Å². The molecule has 6 heteroatoms. The van der Waals surface area contributed by atoms with E-state index in [1.807, 2.05) is 0 Å². The summed E-state index contributed by atoms with van der Waals surface area (Å²) in [5.74, 6) is -4.04. The second-order valence-electron chi connectivity index (χ2n) is 4.17. The summed E-state index contributed by atoms with van der Waals surface area (Å²) in [6.07, 6.45) is -0.966. The molecule has 1 aromatic rings. The monoisotopic (exact) mass is 276 g/mol.